The second-order valence-corrected chi connectivity index (χ2v) is 7.22. The second kappa shape index (κ2) is 9.60. The Bertz CT molecular complexity index is 769. The summed E-state index contributed by atoms with van der Waals surface area (Å²) < 4.78 is 16.4. The minimum Gasteiger partial charge on any atom is -0.493 e. The number of hydrogen-bond acceptors (Lipinski definition) is 4. The molecule has 1 aliphatic heterocycles. The maximum Gasteiger partial charge on any atom is 0.220 e. The highest BCUT2D eigenvalue weighted by Gasteiger charge is 2.35. The van der Waals surface area contributed by atoms with Crippen LogP contribution in [0.15, 0.2) is 48.5 Å². The molecule has 2 aromatic carbocycles. The van der Waals surface area contributed by atoms with Crippen LogP contribution in [0.25, 0.3) is 0 Å². The van der Waals surface area contributed by atoms with Crippen LogP contribution < -0.4 is 14.8 Å². The van der Waals surface area contributed by atoms with Crippen molar-refractivity contribution in [2.45, 2.75) is 31.1 Å². The molecule has 0 saturated carbocycles. The van der Waals surface area contributed by atoms with E-state index in [1.165, 1.54) is 5.56 Å². The molecule has 0 spiro atoms. The first kappa shape index (κ1) is 20.2. The molecule has 5 heteroatoms. The minimum atomic E-state index is -0.153. The van der Waals surface area contributed by atoms with Crippen LogP contribution in [0.3, 0.4) is 0 Å². The normalized spacial score (nSPS) is 15.6. The number of amides is 1. The third-order valence-electron chi connectivity index (χ3n) is 5.55. The Morgan fingerprint density at radius 2 is 1.75 bits per heavy atom. The summed E-state index contributed by atoms with van der Waals surface area (Å²) in [5, 5.41) is 3.16. The fourth-order valence-electron chi connectivity index (χ4n) is 3.75. The molecule has 0 bridgehead atoms. The molecule has 150 valence electrons. The van der Waals surface area contributed by atoms with E-state index in [9.17, 15) is 4.79 Å². The molecule has 1 N–H and O–H groups in total. The van der Waals surface area contributed by atoms with E-state index >= 15 is 0 Å². The fourth-order valence-corrected chi connectivity index (χ4v) is 3.75. The second-order valence-electron chi connectivity index (χ2n) is 7.22. The summed E-state index contributed by atoms with van der Waals surface area (Å²) in [6, 6.07) is 16.1. The van der Waals surface area contributed by atoms with E-state index in [4.69, 9.17) is 14.2 Å². The summed E-state index contributed by atoms with van der Waals surface area (Å²) in [7, 11) is 3.28. The summed E-state index contributed by atoms with van der Waals surface area (Å²) in [6.45, 7) is 1.97. The Labute approximate surface area is 167 Å². The molecule has 0 atom stereocenters. The molecule has 3 rings (SSSR count). The topological polar surface area (TPSA) is 56.8 Å². The maximum atomic E-state index is 12.5. The van der Waals surface area contributed by atoms with Crippen molar-refractivity contribution in [3.05, 3.63) is 59.7 Å². The highest BCUT2D eigenvalue weighted by molar-refractivity contribution is 5.76. The summed E-state index contributed by atoms with van der Waals surface area (Å²) >= 11 is 0. The third-order valence-corrected chi connectivity index (χ3v) is 5.55. The number of methoxy groups -OCH3 is 2. The van der Waals surface area contributed by atoms with Crippen molar-refractivity contribution in [3.8, 4) is 11.5 Å². The zero-order valence-corrected chi connectivity index (χ0v) is 16.7. The first-order valence-corrected chi connectivity index (χ1v) is 9.78. The van der Waals surface area contributed by atoms with Crippen LogP contribution in [0.4, 0.5) is 0 Å². The monoisotopic (exact) mass is 383 g/mol. The number of benzene rings is 2. The Morgan fingerprint density at radius 3 is 2.43 bits per heavy atom. The summed E-state index contributed by atoms with van der Waals surface area (Å²) in [5.74, 6) is 1.50. The van der Waals surface area contributed by atoms with Crippen LogP contribution in [0.5, 0.6) is 11.5 Å². The van der Waals surface area contributed by atoms with Crippen LogP contribution in [0.1, 0.15) is 30.4 Å². The molecule has 0 aromatic heterocycles. The molecule has 1 heterocycles. The van der Waals surface area contributed by atoms with Gasteiger partial charge in [0.15, 0.2) is 11.5 Å². The number of ether oxygens (including phenoxy) is 3. The van der Waals surface area contributed by atoms with Gasteiger partial charge in [0.05, 0.1) is 14.2 Å². The lowest BCUT2D eigenvalue weighted by Crippen LogP contribution is -2.44. The summed E-state index contributed by atoms with van der Waals surface area (Å²) in [5.41, 5.74) is 2.18. The Balaban J connectivity index is 1.68. The smallest absolute Gasteiger partial charge is 0.220 e. The lowest BCUT2D eigenvalue weighted by Gasteiger charge is -2.38. The zero-order valence-electron chi connectivity index (χ0n) is 16.7. The van der Waals surface area contributed by atoms with Gasteiger partial charge in [0.1, 0.15) is 0 Å². The van der Waals surface area contributed by atoms with Crippen LogP contribution >= 0.6 is 0 Å². The highest BCUT2D eigenvalue weighted by atomic mass is 16.5. The van der Waals surface area contributed by atoms with Gasteiger partial charge in [0.2, 0.25) is 5.91 Å². The lowest BCUT2D eigenvalue weighted by molar-refractivity contribution is -0.121. The Hall–Kier alpha value is -2.53. The number of carbonyl (C=O) groups is 1. The SMILES string of the molecule is COc1ccc(C2(CNC(=O)CCc3ccccc3)CCOCC2)cc1OC. The van der Waals surface area contributed by atoms with E-state index in [2.05, 4.69) is 23.5 Å². The molecular weight excluding hydrogens is 354 g/mol. The summed E-state index contributed by atoms with van der Waals surface area (Å²) in [6.07, 6.45) is 2.96. The zero-order chi connectivity index (χ0) is 19.8. The van der Waals surface area contributed by atoms with Gasteiger partial charge in [0.25, 0.3) is 0 Å². The van der Waals surface area contributed by atoms with Crippen molar-refractivity contribution in [3.63, 3.8) is 0 Å². The van der Waals surface area contributed by atoms with E-state index in [0.29, 0.717) is 37.7 Å². The molecule has 1 saturated heterocycles. The predicted octanol–water partition coefficient (Wildman–Crippen LogP) is 3.50. The highest BCUT2D eigenvalue weighted by Crippen LogP contribution is 2.38. The molecule has 0 aliphatic carbocycles. The standard InChI is InChI=1S/C23H29NO4/c1-26-20-10-9-19(16-21(20)27-2)23(12-14-28-15-13-23)17-24-22(25)11-8-18-6-4-3-5-7-18/h3-7,9-10,16H,8,11-15,17H2,1-2H3,(H,24,25). The van der Waals surface area contributed by atoms with Gasteiger partial charge in [-0.05, 0) is 42.5 Å². The molecule has 0 unspecified atom stereocenters. The Morgan fingerprint density at radius 1 is 1.04 bits per heavy atom. The van der Waals surface area contributed by atoms with Gasteiger partial charge in [-0.15, -0.1) is 0 Å². The van der Waals surface area contributed by atoms with E-state index in [0.717, 1.165) is 24.8 Å². The van der Waals surface area contributed by atoms with Crippen molar-refractivity contribution >= 4 is 5.91 Å². The number of hydrogen-bond donors (Lipinski definition) is 1. The first-order valence-electron chi connectivity index (χ1n) is 9.78. The number of rotatable bonds is 8. The van der Waals surface area contributed by atoms with Crippen LogP contribution in [0, 0.1) is 0 Å². The minimum absolute atomic E-state index is 0.0789. The fraction of sp³-hybridized carbons (Fsp3) is 0.435. The van der Waals surface area contributed by atoms with Crippen LogP contribution in [-0.4, -0.2) is 39.9 Å². The summed E-state index contributed by atoms with van der Waals surface area (Å²) in [4.78, 5) is 12.5. The van der Waals surface area contributed by atoms with E-state index in [1.54, 1.807) is 14.2 Å². The average molecular weight is 383 g/mol. The number of carbonyl (C=O) groups excluding carboxylic acids is 1. The van der Waals surface area contributed by atoms with E-state index < -0.39 is 0 Å². The lowest BCUT2D eigenvalue weighted by atomic mass is 9.74. The van der Waals surface area contributed by atoms with E-state index in [1.807, 2.05) is 30.3 Å². The van der Waals surface area contributed by atoms with Crippen LogP contribution in [0.2, 0.25) is 0 Å². The van der Waals surface area contributed by atoms with Gasteiger partial charge >= 0.3 is 0 Å². The van der Waals surface area contributed by atoms with Crippen molar-refractivity contribution in [2.24, 2.45) is 0 Å². The Kier molecular flexibility index (Phi) is 6.93. The molecule has 2 aromatic rings. The molecule has 1 fully saturated rings. The average Bonchev–Trinajstić information content (AvgIpc) is 2.77. The number of nitrogens with one attached hydrogen (secondary N) is 1. The predicted molar refractivity (Wildman–Crippen MR) is 109 cm³/mol. The van der Waals surface area contributed by atoms with Crippen LogP contribution in [-0.2, 0) is 21.4 Å². The molecular formula is C23H29NO4. The van der Waals surface area contributed by atoms with Gasteiger partial charge in [-0.25, -0.2) is 0 Å². The largest absolute Gasteiger partial charge is 0.493 e. The van der Waals surface area contributed by atoms with Gasteiger partial charge in [0, 0.05) is 31.6 Å². The number of aryl methyl sites for hydroxylation is 1. The first-order chi connectivity index (χ1) is 13.7. The van der Waals surface area contributed by atoms with Gasteiger partial charge in [-0.2, -0.15) is 0 Å². The van der Waals surface area contributed by atoms with Crippen molar-refractivity contribution in [1.29, 1.82) is 0 Å². The third kappa shape index (κ3) is 4.84. The molecule has 1 amide bonds. The molecule has 0 radical (unpaired) electrons. The van der Waals surface area contributed by atoms with Gasteiger partial charge < -0.3 is 19.5 Å². The molecule has 5 nitrogen and oxygen atoms in total. The maximum absolute atomic E-state index is 12.5. The van der Waals surface area contributed by atoms with Gasteiger partial charge in [-0.1, -0.05) is 36.4 Å². The van der Waals surface area contributed by atoms with Crippen molar-refractivity contribution < 1.29 is 19.0 Å². The van der Waals surface area contributed by atoms with E-state index in [-0.39, 0.29) is 11.3 Å². The molecule has 28 heavy (non-hydrogen) atoms. The van der Waals surface area contributed by atoms with Crippen molar-refractivity contribution in [2.75, 3.05) is 34.0 Å². The molecule has 1 aliphatic rings. The van der Waals surface area contributed by atoms with Crippen molar-refractivity contribution in [1.82, 2.24) is 5.32 Å². The van der Waals surface area contributed by atoms with Gasteiger partial charge in [-0.3, -0.25) is 4.79 Å². The quantitative estimate of drug-likeness (QED) is 0.758.